The standard InChI is InChI=1S/C10H9Cl3N4O/c1-5-15-8(17-18-5)2-3-14-10-7(12)4-6(11)9(13)16-10/h4H,2-3H2,1H3,(H,14,16). The molecule has 0 bridgehead atoms. The zero-order valence-electron chi connectivity index (χ0n) is 9.38. The molecule has 0 amide bonds. The number of halogens is 3. The summed E-state index contributed by atoms with van der Waals surface area (Å²) in [6.45, 7) is 2.30. The molecule has 2 rings (SSSR count). The Balaban J connectivity index is 1.96. The molecule has 2 aromatic rings. The van der Waals surface area contributed by atoms with Crippen molar-refractivity contribution in [2.24, 2.45) is 0 Å². The van der Waals surface area contributed by atoms with E-state index in [0.717, 1.165) is 0 Å². The summed E-state index contributed by atoms with van der Waals surface area (Å²) >= 11 is 17.6. The van der Waals surface area contributed by atoms with Gasteiger partial charge in [-0.25, -0.2) is 4.98 Å². The Hall–Kier alpha value is -1.04. The second kappa shape index (κ2) is 5.73. The molecule has 18 heavy (non-hydrogen) atoms. The van der Waals surface area contributed by atoms with Gasteiger partial charge < -0.3 is 9.84 Å². The average Bonchev–Trinajstić information content (AvgIpc) is 2.71. The molecular weight excluding hydrogens is 298 g/mol. The monoisotopic (exact) mass is 306 g/mol. The van der Waals surface area contributed by atoms with Gasteiger partial charge in [-0.15, -0.1) is 0 Å². The molecule has 0 saturated carbocycles. The Kier molecular flexibility index (Phi) is 4.27. The predicted octanol–water partition coefficient (Wildman–Crippen LogP) is 3.39. The van der Waals surface area contributed by atoms with Crippen molar-refractivity contribution in [3.8, 4) is 0 Å². The summed E-state index contributed by atoms with van der Waals surface area (Å²) in [4.78, 5) is 8.11. The number of nitrogens with one attached hydrogen (secondary N) is 1. The van der Waals surface area contributed by atoms with Crippen molar-refractivity contribution >= 4 is 40.6 Å². The summed E-state index contributed by atoms with van der Waals surface area (Å²) in [5, 5.41) is 7.74. The topological polar surface area (TPSA) is 63.8 Å². The van der Waals surface area contributed by atoms with Crippen molar-refractivity contribution in [2.45, 2.75) is 13.3 Å². The molecule has 0 spiro atoms. The molecule has 2 heterocycles. The van der Waals surface area contributed by atoms with E-state index in [0.29, 0.717) is 40.5 Å². The molecule has 0 radical (unpaired) electrons. The summed E-state index contributed by atoms with van der Waals surface area (Å²) in [6.07, 6.45) is 0.593. The Morgan fingerprint density at radius 1 is 1.22 bits per heavy atom. The Labute approximate surface area is 118 Å². The minimum Gasteiger partial charge on any atom is -0.368 e. The third kappa shape index (κ3) is 3.25. The van der Waals surface area contributed by atoms with Crippen LogP contribution in [0.15, 0.2) is 10.6 Å². The van der Waals surface area contributed by atoms with Crippen LogP contribution in [0.1, 0.15) is 11.7 Å². The number of rotatable bonds is 4. The van der Waals surface area contributed by atoms with Crippen LogP contribution in [0.2, 0.25) is 15.2 Å². The third-order valence-electron chi connectivity index (χ3n) is 2.10. The van der Waals surface area contributed by atoms with Crippen LogP contribution >= 0.6 is 34.8 Å². The van der Waals surface area contributed by atoms with Gasteiger partial charge in [-0.3, -0.25) is 0 Å². The highest BCUT2D eigenvalue weighted by atomic mass is 35.5. The van der Waals surface area contributed by atoms with Gasteiger partial charge in [0, 0.05) is 19.9 Å². The highest BCUT2D eigenvalue weighted by Crippen LogP contribution is 2.28. The summed E-state index contributed by atoms with van der Waals surface area (Å²) in [5.41, 5.74) is 0. The van der Waals surface area contributed by atoms with Gasteiger partial charge in [0.15, 0.2) is 5.82 Å². The van der Waals surface area contributed by atoms with E-state index in [1.54, 1.807) is 13.0 Å². The van der Waals surface area contributed by atoms with Crippen molar-refractivity contribution in [3.05, 3.63) is 33.0 Å². The zero-order chi connectivity index (χ0) is 13.1. The van der Waals surface area contributed by atoms with Crippen LogP contribution in [0.5, 0.6) is 0 Å². The Morgan fingerprint density at radius 3 is 2.67 bits per heavy atom. The molecule has 0 unspecified atom stereocenters. The first-order chi connectivity index (χ1) is 8.56. The molecule has 0 aliphatic carbocycles. The number of nitrogens with zero attached hydrogens (tertiary/aromatic N) is 3. The van der Waals surface area contributed by atoms with Gasteiger partial charge in [0.25, 0.3) is 0 Å². The second-order valence-electron chi connectivity index (χ2n) is 3.50. The van der Waals surface area contributed by atoms with Gasteiger partial charge >= 0.3 is 0 Å². The maximum atomic E-state index is 5.97. The molecule has 8 heteroatoms. The van der Waals surface area contributed by atoms with Crippen LogP contribution in [0, 0.1) is 6.92 Å². The molecule has 0 aromatic carbocycles. The van der Waals surface area contributed by atoms with E-state index in [4.69, 9.17) is 39.3 Å². The maximum absolute atomic E-state index is 5.97. The maximum Gasteiger partial charge on any atom is 0.223 e. The Bertz CT molecular complexity index is 558. The minimum atomic E-state index is 0.207. The summed E-state index contributed by atoms with van der Waals surface area (Å²) in [6, 6.07) is 1.54. The fourth-order valence-electron chi connectivity index (χ4n) is 1.30. The number of pyridine rings is 1. The molecule has 0 aliphatic heterocycles. The Morgan fingerprint density at radius 2 is 2.00 bits per heavy atom. The van der Waals surface area contributed by atoms with Crippen molar-refractivity contribution in [3.63, 3.8) is 0 Å². The quantitative estimate of drug-likeness (QED) is 0.877. The fraction of sp³-hybridized carbons (Fsp3) is 0.300. The van der Waals surface area contributed by atoms with Gasteiger partial charge in [-0.05, 0) is 6.07 Å². The fourth-order valence-corrected chi connectivity index (χ4v) is 1.87. The van der Waals surface area contributed by atoms with Crippen molar-refractivity contribution in [1.82, 2.24) is 15.1 Å². The van der Waals surface area contributed by atoms with Crippen LogP contribution in [-0.4, -0.2) is 21.7 Å². The van der Waals surface area contributed by atoms with E-state index < -0.39 is 0 Å². The van der Waals surface area contributed by atoms with E-state index in [9.17, 15) is 0 Å². The number of aryl methyl sites for hydroxylation is 1. The average molecular weight is 308 g/mol. The number of hydrogen-bond donors (Lipinski definition) is 1. The van der Waals surface area contributed by atoms with Crippen LogP contribution < -0.4 is 5.32 Å². The largest absolute Gasteiger partial charge is 0.368 e. The van der Waals surface area contributed by atoms with E-state index in [1.165, 1.54) is 0 Å². The lowest BCUT2D eigenvalue weighted by Gasteiger charge is -2.07. The van der Waals surface area contributed by atoms with Crippen LogP contribution in [0.25, 0.3) is 0 Å². The normalized spacial score (nSPS) is 10.7. The molecule has 1 N–H and O–H groups in total. The number of aromatic nitrogens is 3. The van der Waals surface area contributed by atoms with E-state index in [-0.39, 0.29) is 5.15 Å². The summed E-state index contributed by atoms with van der Waals surface area (Å²) in [7, 11) is 0. The van der Waals surface area contributed by atoms with Gasteiger partial charge in [-0.1, -0.05) is 40.0 Å². The molecule has 0 atom stereocenters. The lowest BCUT2D eigenvalue weighted by Crippen LogP contribution is -2.08. The molecular formula is C10H9Cl3N4O. The first kappa shape index (κ1) is 13.4. The first-order valence-corrected chi connectivity index (χ1v) is 6.24. The van der Waals surface area contributed by atoms with E-state index in [2.05, 4.69) is 20.4 Å². The SMILES string of the molecule is Cc1nc(CCNc2nc(Cl)c(Cl)cc2Cl)no1. The molecule has 0 fully saturated rings. The smallest absolute Gasteiger partial charge is 0.223 e. The lowest BCUT2D eigenvalue weighted by atomic mass is 10.4. The summed E-state index contributed by atoms with van der Waals surface area (Å²) < 4.78 is 4.86. The molecule has 0 saturated heterocycles. The molecule has 5 nitrogen and oxygen atoms in total. The predicted molar refractivity (Wildman–Crippen MR) is 70.5 cm³/mol. The first-order valence-electron chi connectivity index (χ1n) is 5.11. The van der Waals surface area contributed by atoms with Gasteiger partial charge in [0.2, 0.25) is 5.89 Å². The second-order valence-corrected chi connectivity index (χ2v) is 4.67. The number of hydrogen-bond acceptors (Lipinski definition) is 5. The van der Waals surface area contributed by atoms with Gasteiger partial charge in [-0.2, -0.15) is 4.98 Å². The summed E-state index contributed by atoms with van der Waals surface area (Å²) in [5.74, 6) is 1.64. The highest BCUT2D eigenvalue weighted by Gasteiger charge is 2.08. The van der Waals surface area contributed by atoms with Crippen molar-refractivity contribution < 1.29 is 4.52 Å². The van der Waals surface area contributed by atoms with Gasteiger partial charge in [0.1, 0.15) is 11.0 Å². The third-order valence-corrected chi connectivity index (χ3v) is 3.06. The van der Waals surface area contributed by atoms with Crippen LogP contribution in [-0.2, 0) is 6.42 Å². The van der Waals surface area contributed by atoms with Crippen LogP contribution in [0.4, 0.5) is 5.82 Å². The van der Waals surface area contributed by atoms with Crippen LogP contribution in [0.3, 0.4) is 0 Å². The molecule has 0 aliphatic rings. The minimum absolute atomic E-state index is 0.207. The van der Waals surface area contributed by atoms with Crippen molar-refractivity contribution in [1.29, 1.82) is 0 Å². The lowest BCUT2D eigenvalue weighted by molar-refractivity contribution is 0.387. The van der Waals surface area contributed by atoms with E-state index >= 15 is 0 Å². The highest BCUT2D eigenvalue weighted by molar-refractivity contribution is 6.42. The van der Waals surface area contributed by atoms with Crippen molar-refractivity contribution in [2.75, 3.05) is 11.9 Å². The number of anilines is 1. The zero-order valence-corrected chi connectivity index (χ0v) is 11.6. The molecule has 96 valence electrons. The van der Waals surface area contributed by atoms with Gasteiger partial charge in [0.05, 0.1) is 10.0 Å². The van der Waals surface area contributed by atoms with E-state index in [1.807, 2.05) is 0 Å². The molecule has 2 aromatic heterocycles.